The highest BCUT2D eigenvalue weighted by molar-refractivity contribution is 7.23. The number of methoxy groups -OCH3 is 1. The smallest absolute Gasteiger partial charge is 0.408 e. The van der Waals surface area contributed by atoms with E-state index in [4.69, 9.17) is 18.9 Å². The number of alkyl carbamates (subject to hydrolysis) is 1. The Morgan fingerprint density at radius 3 is 2.37 bits per heavy atom. The van der Waals surface area contributed by atoms with Gasteiger partial charge in [0.25, 0.3) is 5.91 Å². The average molecular weight is 775 g/mol. The first-order chi connectivity index (χ1) is 25.3. The van der Waals surface area contributed by atoms with Gasteiger partial charge in [0.2, 0.25) is 0 Å². The van der Waals surface area contributed by atoms with Crippen molar-refractivity contribution in [3.05, 3.63) is 71.7 Å². The molecule has 1 saturated heterocycles. The third kappa shape index (κ3) is 9.72. The first-order valence-corrected chi connectivity index (χ1v) is 22.5. The Kier molecular flexibility index (Phi) is 12.3. The number of carbonyl (C=O) groups excluding carboxylic acids is 2. The van der Waals surface area contributed by atoms with Crippen LogP contribution in [-0.4, -0.2) is 68.2 Å². The van der Waals surface area contributed by atoms with Crippen molar-refractivity contribution < 1.29 is 23.5 Å². The van der Waals surface area contributed by atoms with E-state index in [0.29, 0.717) is 42.3 Å². The summed E-state index contributed by atoms with van der Waals surface area (Å²) in [5.41, 5.74) is 3.99. The summed E-state index contributed by atoms with van der Waals surface area (Å²) in [6, 6.07) is 11.5. The number of nitrogens with one attached hydrogen (secondary N) is 3. The van der Waals surface area contributed by atoms with Gasteiger partial charge in [0.05, 0.1) is 47.0 Å². The second-order valence-electron chi connectivity index (χ2n) is 17.1. The number of anilines is 3. The Hall–Kier alpha value is -4.20. The predicted molar refractivity (Wildman–Crippen MR) is 223 cm³/mol. The maximum Gasteiger partial charge on any atom is 0.408 e. The number of fused-ring (bicyclic) bond motifs is 1. The van der Waals surface area contributed by atoms with Crippen LogP contribution in [0.4, 0.5) is 21.2 Å². The van der Waals surface area contributed by atoms with Crippen molar-refractivity contribution in [3.8, 4) is 5.75 Å². The molecular formula is C41H58N6O5SSi. The van der Waals surface area contributed by atoms with E-state index in [-0.39, 0.29) is 29.0 Å². The van der Waals surface area contributed by atoms with Gasteiger partial charge in [0.15, 0.2) is 8.32 Å². The maximum atomic E-state index is 14.4. The van der Waals surface area contributed by atoms with Gasteiger partial charge in [-0.25, -0.2) is 4.79 Å². The Bertz CT molecular complexity index is 1930. The van der Waals surface area contributed by atoms with Crippen LogP contribution >= 0.6 is 11.3 Å². The summed E-state index contributed by atoms with van der Waals surface area (Å²) in [6.07, 6.45) is 4.54. The minimum Gasteiger partial charge on any atom is -0.497 e. The highest BCUT2D eigenvalue weighted by Crippen LogP contribution is 2.41. The molecule has 13 heteroatoms. The first kappa shape index (κ1) is 41.0. The van der Waals surface area contributed by atoms with Crippen LogP contribution in [-0.2, 0) is 15.7 Å². The molecule has 3 N–H and O–H groups in total. The molecule has 1 aromatic carbocycles. The van der Waals surface area contributed by atoms with Crippen LogP contribution in [0.15, 0.2) is 55.0 Å². The number of benzene rings is 1. The number of carbonyl (C=O) groups is 2. The molecule has 1 fully saturated rings. The molecule has 0 bridgehead atoms. The molecule has 0 saturated carbocycles. The van der Waals surface area contributed by atoms with Crippen molar-refractivity contribution in [3.63, 3.8) is 0 Å². The lowest BCUT2D eigenvalue weighted by atomic mass is 9.92. The van der Waals surface area contributed by atoms with E-state index in [2.05, 4.69) is 86.5 Å². The minimum atomic E-state index is -2.20. The summed E-state index contributed by atoms with van der Waals surface area (Å²) in [6.45, 7) is 24.7. The average Bonchev–Trinajstić information content (AvgIpc) is 3.45. The Balaban J connectivity index is 1.45. The van der Waals surface area contributed by atoms with Gasteiger partial charge in [-0.3, -0.25) is 14.8 Å². The molecule has 0 unspecified atom stereocenters. The van der Waals surface area contributed by atoms with E-state index in [1.54, 1.807) is 19.5 Å². The Morgan fingerprint density at radius 2 is 1.74 bits per heavy atom. The number of piperidine rings is 1. The number of amides is 2. The molecule has 2 amide bonds. The number of aromatic nitrogens is 2. The molecule has 4 heterocycles. The van der Waals surface area contributed by atoms with Gasteiger partial charge in [0.1, 0.15) is 21.9 Å². The largest absolute Gasteiger partial charge is 0.497 e. The van der Waals surface area contributed by atoms with Gasteiger partial charge in [-0.2, -0.15) is 0 Å². The van der Waals surface area contributed by atoms with Crippen molar-refractivity contribution >= 4 is 58.2 Å². The first-order valence-electron chi connectivity index (χ1n) is 18.7. The molecule has 3 aromatic heterocycles. The maximum absolute atomic E-state index is 14.4. The monoisotopic (exact) mass is 774 g/mol. The van der Waals surface area contributed by atoms with E-state index < -0.39 is 20.0 Å². The fourth-order valence-electron chi connectivity index (χ4n) is 6.28. The highest BCUT2D eigenvalue weighted by atomic mass is 32.1. The van der Waals surface area contributed by atoms with Gasteiger partial charge >= 0.3 is 6.09 Å². The lowest BCUT2D eigenvalue weighted by Gasteiger charge is -2.48. The number of nitrogens with zero attached hydrogens (tertiary/aromatic N) is 3. The number of hydrogen-bond donors (Lipinski definition) is 3. The van der Waals surface area contributed by atoms with Gasteiger partial charge < -0.3 is 34.8 Å². The molecule has 4 aromatic rings. The van der Waals surface area contributed by atoms with Crippen molar-refractivity contribution in [1.29, 1.82) is 0 Å². The number of thiophene rings is 1. The van der Waals surface area contributed by atoms with Gasteiger partial charge in [-0.05, 0) is 80.2 Å². The zero-order chi connectivity index (χ0) is 39.6. The van der Waals surface area contributed by atoms with Crippen LogP contribution < -0.4 is 25.6 Å². The van der Waals surface area contributed by atoms with Crippen LogP contribution in [0.5, 0.6) is 5.75 Å². The number of hydrogen-bond acceptors (Lipinski definition) is 10. The number of pyridine rings is 2. The van der Waals surface area contributed by atoms with Crippen LogP contribution in [0.1, 0.15) is 89.7 Å². The molecular weight excluding hydrogens is 717 g/mol. The molecule has 292 valence electrons. The lowest BCUT2D eigenvalue weighted by Crippen LogP contribution is -2.63. The van der Waals surface area contributed by atoms with E-state index >= 15 is 0 Å². The van der Waals surface area contributed by atoms with E-state index in [0.717, 1.165) is 32.3 Å². The van der Waals surface area contributed by atoms with Gasteiger partial charge in [-0.1, -0.05) is 53.7 Å². The molecule has 54 heavy (non-hydrogen) atoms. The Labute approximate surface area is 325 Å². The second-order valence-corrected chi connectivity index (χ2v) is 22.9. The summed E-state index contributed by atoms with van der Waals surface area (Å²) in [5.74, 6) is 0.832. The zero-order valence-corrected chi connectivity index (χ0v) is 35.7. The van der Waals surface area contributed by atoms with Crippen molar-refractivity contribution in [1.82, 2.24) is 15.3 Å². The van der Waals surface area contributed by atoms with E-state index in [1.165, 1.54) is 11.3 Å². The molecule has 5 rings (SSSR count). The molecule has 0 spiro atoms. The summed E-state index contributed by atoms with van der Waals surface area (Å²) < 4.78 is 19.0. The van der Waals surface area contributed by atoms with Crippen molar-refractivity contribution in [2.24, 2.45) is 5.92 Å². The molecule has 1 aliphatic rings. The normalized spacial score (nSPS) is 18.1. The van der Waals surface area contributed by atoms with Crippen LogP contribution in [0.2, 0.25) is 18.1 Å². The quantitative estimate of drug-likeness (QED) is 0.128. The van der Waals surface area contributed by atoms with Gasteiger partial charge in [-0.15, -0.1) is 11.3 Å². The van der Waals surface area contributed by atoms with E-state index in [1.807, 2.05) is 57.3 Å². The molecule has 3 atom stereocenters. The fraction of sp³-hybridized carbons (Fsp3) is 0.512. The standard InChI is InChI=1S/C41H58N6O5SSi/c1-25(2)28-19-33-35(43-21-28)34(38(53-33)44-20-27-13-15-29(50-10)16-14-27)37(48)45-30-22-42-18-17-32(30)47-23-26(3)36(52-54(11,12)41(7,8)9)31(24-47)46-39(49)51-40(4,5)6/h13-19,21-22,25-26,31,36,44H,20,23-24H2,1-12H3,(H,45,48)(H,46,49)/t26-,31+,36+/m0/s1. The molecule has 0 radical (unpaired) electrons. The summed E-state index contributed by atoms with van der Waals surface area (Å²) in [7, 11) is -0.557. The third-order valence-electron chi connectivity index (χ3n) is 10.3. The molecule has 0 aliphatic carbocycles. The minimum absolute atomic E-state index is 0.0116. The van der Waals surface area contributed by atoms with Crippen LogP contribution in [0.25, 0.3) is 10.2 Å². The van der Waals surface area contributed by atoms with Crippen LogP contribution in [0.3, 0.4) is 0 Å². The summed E-state index contributed by atoms with van der Waals surface area (Å²) >= 11 is 1.52. The third-order valence-corrected chi connectivity index (χ3v) is 15.8. The van der Waals surface area contributed by atoms with Crippen molar-refractivity contribution in [2.75, 3.05) is 35.7 Å². The lowest BCUT2D eigenvalue weighted by molar-refractivity contribution is 0.0336. The SMILES string of the molecule is COc1ccc(CNc2sc3cc(C(C)C)cnc3c2C(=O)Nc2cnccc2N2C[C@H](C)[C@@H](O[Si](C)(C)C(C)(C)C)[C@H](NC(=O)OC(C)(C)C)C2)cc1. The summed E-state index contributed by atoms with van der Waals surface area (Å²) in [4.78, 5) is 39.1. The number of rotatable bonds is 11. The zero-order valence-electron chi connectivity index (χ0n) is 33.9. The van der Waals surface area contributed by atoms with Crippen LogP contribution in [0, 0.1) is 5.92 Å². The molecule has 1 aliphatic heterocycles. The fourth-order valence-corrected chi connectivity index (χ4v) is 8.81. The molecule has 11 nitrogen and oxygen atoms in total. The summed E-state index contributed by atoms with van der Waals surface area (Å²) in [5, 5.41) is 10.6. The second kappa shape index (κ2) is 16.3. The number of ether oxygens (including phenoxy) is 2. The van der Waals surface area contributed by atoms with E-state index in [9.17, 15) is 9.59 Å². The predicted octanol–water partition coefficient (Wildman–Crippen LogP) is 9.43. The highest BCUT2D eigenvalue weighted by Gasteiger charge is 2.45. The van der Waals surface area contributed by atoms with Crippen molar-refractivity contribution in [2.45, 2.75) is 111 Å². The Morgan fingerprint density at radius 1 is 1.04 bits per heavy atom. The van der Waals surface area contributed by atoms with Gasteiger partial charge in [0, 0.05) is 37.9 Å². The topological polar surface area (TPSA) is 127 Å².